The number of amides is 1. The van der Waals surface area contributed by atoms with Crippen molar-refractivity contribution in [2.45, 2.75) is 18.0 Å². The van der Waals surface area contributed by atoms with E-state index in [9.17, 15) is 4.79 Å². The van der Waals surface area contributed by atoms with Crippen molar-refractivity contribution in [3.63, 3.8) is 0 Å². The normalized spacial score (nSPS) is 10.6. The first-order chi connectivity index (χ1) is 13.7. The monoisotopic (exact) mass is 416 g/mol. The second-order valence-corrected chi connectivity index (χ2v) is 7.43. The minimum atomic E-state index is -0.0274. The van der Waals surface area contributed by atoms with E-state index in [1.807, 2.05) is 53.1 Å². The van der Waals surface area contributed by atoms with Gasteiger partial charge in [-0.1, -0.05) is 41.6 Å². The molecule has 0 radical (unpaired) electrons. The van der Waals surface area contributed by atoms with Crippen LogP contribution < -0.4 is 10.1 Å². The third kappa shape index (κ3) is 5.74. The summed E-state index contributed by atoms with van der Waals surface area (Å²) >= 11 is 7.38. The molecule has 0 spiro atoms. The fourth-order valence-corrected chi connectivity index (χ4v) is 3.56. The number of rotatable bonds is 9. The van der Waals surface area contributed by atoms with E-state index in [1.165, 1.54) is 17.3 Å². The summed E-state index contributed by atoms with van der Waals surface area (Å²) in [6.45, 7) is 0.631. The zero-order valence-corrected chi connectivity index (χ0v) is 17.0. The van der Waals surface area contributed by atoms with Crippen molar-refractivity contribution >= 4 is 29.3 Å². The van der Waals surface area contributed by atoms with Crippen LogP contribution in [0.2, 0.25) is 5.02 Å². The van der Waals surface area contributed by atoms with Gasteiger partial charge < -0.3 is 10.1 Å². The van der Waals surface area contributed by atoms with Crippen LogP contribution in [-0.4, -0.2) is 40.1 Å². The number of carbonyl (C=O) groups is 1. The molecule has 0 atom stereocenters. The molecule has 2 aromatic carbocycles. The molecule has 0 saturated heterocycles. The molecule has 1 amide bonds. The second-order valence-electron chi connectivity index (χ2n) is 6.05. The van der Waals surface area contributed by atoms with E-state index in [-0.39, 0.29) is 11.7 Å². The summed E-state index contributed by atoms with van der Waals surface area (Å²) in [5, 5.41) is 12.3. The number of methoxy groups -OCH3 is 1. The highest BCUT2D eigenvalue weighted by Crippen LogP contribution is 2.21. The van der Waals surface area contributed by atoms with Gasteiger partial charge in [0.2, 0.25) is 5.91 Å². The molecule has 0 aliphatic carbocycles. The lowest BCUT2D eigenvalue weighted by molar-refractivity contribution is -0.118. The first kappa shape index (κ1) is 20.2. The number of carbonyl (C=O) groups excluding carboxylic acids is 1. The number of aryl methyl sites for hydroxylation is 1. The summed E-state index contributed by atoms with van der Waals surface area (Å²) < 4.78 is 6.96. The maximum atomic E-state index is 12.1. The molecule has 3 rings (SSSR count). The first-order valence-electron chi connectivity index (χ1n) is 8.84. The van der Waals surface area contributed by atoms with Crippen molar-refractivity contribution in [2.24, 2.45) is 0 Å². The van der Waals surface area contributed by atoms with Crippen molar-refractivity contribution in [1.29, 1.82) is 0 Å². The van der Waals surface area contributed by atoms with E-state index in [0.29, 0.717) is 16.7 Å². The van der Waals surface area contributed by atoms with Crippen LogP contribution in [0.1, 0.15) is 12.0 Å². The lowest BCUT2D eigenvalue weighted by Crippen LogP contribution is -2.26. The summed E-state index contributed by atoms with van der Waals surface area (Å²) in [5.74, 6) is 1.10. The lowest BCUT2D eigenvalue weighted by atomic mass is 10.1. The largest absolute Gasteiger partial charge is 0.497 e. The van der Waals surface area contributed by atoms with E-state index >= 15 is 0 Å². The Morgan fingerprint density at radius 3 is 2.82 bits per heavy atom. The van der Waals surface area contributed by atoms with Crippen LogP contribution in [0.5, 0.6) is 5.75 Å². The molecule has 0 saturated carbocycles. The smallest absolute Gasteiger partial charge is 0.230 e. The Hall–Kier alpha value is -2.51. The fraction of sp³-hybridized carbons (Fsp3) is 0.250. The third-order valence-electron chi connectivity index (χ3n) is 4.06. The zero-order chi connectivity index (χ0) is 19.8. The number of aromatic nitrogens is 3. The summed E-state index contributed by atoms with van der Waals surface area (Å²) in [5.41, 5.74) is 2.08. The Bertz CT molecular complexity index is 915. The van der Waals surface area contributed by atoms with E-state index < -0.39 is 0 Å². The molecular formula is C20H21ClN4O2S. The average Bonchev–Trinajstić information content (AvgIpc) is 3.19. The molecule has 28 heavy (non-hydrogen) atoms. The predicted octanol–water partition coefficient (Wildman–Crippen LogP) is 3.77. The van der Waals surface area contributed by atoms with E-state index in [1.54, 1.807) is 13.4 Å². The number of hydrogen-bond donors (Lipinski definition) is 1. The number of nitrogens with one attached hydrogen (secondary N) is 1. The Balaban J connectivity index is 1.42. The third-order valence-corrected chi connectivity index (χ3v) is 5.24. The van der Waals surface area contributed by atoms with Gasteiger partial charge in [0.05, 0.1) is 18.6 Å². The molecule has 0 aliphatic rings. The topological polar surface area (TPSA) is 69.0 Å². The van der Waals surface area contributed by atoms with Crippen LogP contribution in [0.25, 0.3) is 5.69 Å². The first-order valence-corrected chi connectivity index (χ1v) is 10.2. The van der Waals surface area contributed by atoms with Gasteiger partial charge in [-0.2, -0.15) is 0 Å². The van der Waals surface area contributed by atoms with Gasteiger partial charge in [0.1, 0.15) is 12.1 Å². The van der Waals surface area contributed by atoms with Crippen LogP contribution in [0.15, 0.2) is 60.0 Å². The van der Waals surface area contributed by atoms with Crippen molar-refractivity contribution in [1.82, 2.24) is 20.1 Å². The van der Waals surface area contributed by atoms with E-state index in [4.69, 9.17) is 16.3 Å². The number of halogens is 1. The molecule has 0 unspecified atom stereocenters. The van der Waals surface area contributed by atoms with Crippen LogP contribution in [0, 0.1) is 0 Å². The molecular weight excluding hydrogens is 396 g/mol. The Morgan fingerprint density at radius 1 is 1.25 bits per heavy atom. The van der Waals surface area contributed by atoms with Gasteiger partial charge in [-0.25, -0.2) is 0 Å². The Morgan fingerprint density at radius 2 is 2.07 bits per heavy atom. The standard InChI is InChI=1S/C20H21ClN4O2S/c1-27-18-9-7-15(8-10-18)4-3-11-22-19(26)13-28-20-24-23-14-25(20)17-6-2-5-16(21)12-17/h2,5-10,12,14H,3-4,11,13H2,1H3,(H,22,26). The van der Waals surface area contributed by atoms with Gasteiger partial charge in [-0.3, -0.25) is 9.36 Å². The van der Waals surface area contributed by atoms with Gasteiger partial charge in [0.25, 0.3) is 0 Å². The van der Waals surface area contributed by atoms with Gasteiger partial charge >= 0.3 is 0 Å². The predicted molar refractivity (Wildman–Crippen MR) is 111 cm³/mol. The average molecular weight is 417 g/mol. The van der Waals surface area contributed by atoms with Gasteiger partial charge in [-0.05, 0) is 48.7 Å². The van der Waals surface area contributed by atoms with Gasteiger partial charge in [0.15, 0.2) is 5.16 Å². The molecule has 6 nitrogen and oxygen atoms in total. The fourth-order valence-electron chi connectivity index (χ4n) is 2.62. The van der Waals surface area contributed by atoms with Gasteiger partial charge in [0, 0.05) is 11.6 Å². The highest BCUT2D eigenvalue weighted by atomic mass is 35.5. The molecule has 1 N–H and O–H groups in total. The lowest BCUT2D eigenvalue weighted by Gasteiger charge is -2.08. The highest BCUT2D eigenvalue weighted by Gasteiger charge is 2.10. The second kappa shape index (κ2) is 10.1. The van der Waals surface area contributed by atoms with Crippen molar-refractivity contribution in [3.05, 3.63) is 65.4 Å². The quantitative estimate of drug-likeness (QED) is 0.424. The summed E-state index contributed by atoms with van der Waals surface area (Å²) in [7, 11) is 1.65. The summed E-state index contributed by atoms with van der Waals surface area (Å²) in [6.07, 6.45) is 3.39. The van der Waals surface area contributed by atoms with Crippen molar-refractivity contribution < 1.29 is 9.53 Å². The Kier molecular flexibility index (Phi) is 7.33. The minimum absolute atomic E-state index is 0.0274. The molecule has 0 aliphatic heterocycles. The summed E-state index contributed by atoms with van der Waals surface area (Å²) in [4.78, 5) is 12.1. The number of ether oxygens (including phenoxy) is 1. The van der Waals surface area contributed by atoms with Crippen LogP contribution >= 0.6 is 23.4 Å². The van der Waals surface area contributed by atoms with Gasteiger partial charge in [-0.15, -0.1) is 10.2 Å². The molecule has 1 aromatic heterocycles. The van der Waals surface area contributed by atoms with E-state index in [2.05, 4.69) is 15.5 Å². The number of thioether (sulfide) groups is 1. The number of nitrogens with zero attached hydrogens (tertiary/aromatic N) is 3. The highest BCUT2D eigenvalue weighted by molar-refractivity contribution is 7.99. The Labute approximate surface area is 173 Å². The van der Waals surface area contributed by atoms with E-state index in [0.717, 1.165) is 24.3 Å². The minimum Gasteiger partial charge on any atom is -0.497 e. The van der Waals surface area contributed by atoms with Crippen molar-refractivity contribution in [2.75, 3.05) is 19.4 Å². The van der Waals surface area contributed by atoms with Crippen LogP contribution in [0.4, 0.5) is 0 Å². The molecule has 146 valence electrons. The molecule has 3 aromatic rings. The van der Waals surface area contributed by atoms with Crippen molar-refractivity contribution in [3.8, 4) is 11.4 Å². The van der Waals surface area contributed by atoms with Crippen LogP contribution in [0.3, 0.4) is 0 Å². The zero-order valence-electron chi connectivity index (χ0n) is 15.5. The number of benzene rings is 2. The molecule has 0 bridgehead atoms. The maximum Gasteiger partial charge on any atom is 0.230 e. The maximum absolute atomic E-state index is 12.1. The molecule has 1 heterocycles. The number of hydrogen-bond acceptors (Lipinski definition) is 5. The molecule has 0 fully saturated rings. The van der Waals surface area contributed by atoms with Crippen LogP contribution in [-0.2, 0) is 11.2 Å². The molecule has 8 heteroatoms. The SMILES string of the molecule is COc1ccc(CCCNC(=O)CSc2nncn2-c2cccc(Cl)c2)cc1. The summed E-state index contributed by atoms with van der Waals surface area (Å²) in [6, 6.07) is 15.4.